The van der Waals surface area contributed by atoms with Crippen molar-refractivity contribution in [2.75, 3.05) is 13.1 Å². The monoisotopic (exact) mass is 553 g/mol. The maximum atomic E-state index is 13.1. The SMILES string of the molecule is Cn1nnnc1C1(CCNCC(=O)N2[C@H](C#N)C[C@@H]3C[C@@H]32)c2ccc(C(N)=O)cc2CCc2cc(C(N)=O)ccc21. The van der Waals surface area contributed by atoms with Crippen LogP contribution >= 0.6 is 0 Å². The Hall–Kier alpha value is -4.63. The van der Waals surface area contributed by atoms with Crippen LogP contribution in [0.25, 0.3) is 0 Å². The van der Waals surface area contributed by atoms with Crippen molar-refractivity contribution >= 4 is 17.7 Å². The normalized spacial score (nSPS) is 21.7. The first kappa shape index (κ1) is 26.6. The highest BCUT2D eigenvalue weighted by molar-refractivity contribution is 5.94. The number of nitrogens with one attached hydrogen (secondary N) is 1. The number of likely N-dealkylation sites (tertiary alicyclic amines) is 1. The van der Waals surface area contributed by atoms with Gasteiger partial charge in [-0.1, -0.05) is 12.1 Å². The van der Waals surface area contributed by atoms with Gasteiger partial charge in [-0.15, -0.1) is 5.10 Å². The van der Waals surface area contributed by atoms with Gasteiger partial charge in [-0.2, -0.15) is 5.26 Å². The highest BCUT2D eigenvalue weighted by Crippen LogP contribution is 2.48. The molecule has 3 atom stereocenters. The molecule has 0 radical (unpaired) electrons. The Morgan fingerprint density at radius 1 is 1.05 bits per heavy atom. The number of primary amides is 2. The van der Waals surface area contributed by atoms with E-state index in [2.05, 4.69) is 26.9 Å². The number of aryl methyl sites for hydroxylation is 3. The van der Waals surface area contributed by atoms with Gasteiger partial charge >= 0.3 is 0 Å². The number of carbonyl (C=O) groups excluding carboxylic acids is 3. The van der Waals surface area contributed by atoms with Crippen LogP contribution in [0.1, 0.15) is 68.1 Å². The maximum absolute atomic E-state index is 13.1. The van der Waals surface area contributed by atoms with Gasteiger partial charge in [0.25, 0.3) is 0 Å². The molecular formula is C29H31N9O3. The van der Waals surface area contributed by atoms with Crippen molar-refractivity contribution in [1.29, 1.82) is 5.26 Å². The number of tetrazole rings is 1. The summed E-state index contributed by atoms with van der Waals surface area (Å²) in [5.41, 5.74) is 14.9. The molecule has 5 N–H and O–H groups in total. The Kier molecular flexibility index (Phi) is 6.54. The number of piperidine rings is 1. The summed E-state index contributed by atoms with van der Waals surface area (Å²) in [6.07, 6.45) is 3.38. The van der Waals surface area contributed by atoms with Crippen molar-refractivity contribution in [1.82, 2.24) is 30.4 Å². The molecule has 0 bridgehead atoms. The number of benzene rings is 2. The fraction of sp³-hybridized carbons (Fsp3) is 0.414. The van der Waals surface area contributed by atoms with Gasteiger partial charge in [0, 0.05) is 24.2 Å². The summed E-state index contributed by atoms with van der Waals surface area (Å²) in [7, 11) is 1.77. The highest BCUT2D eigenvalue weighted by atomic mass is 16.2. The lowest BCUT2D eigenvalue weighted by Gasteiger charge is -2.35. The van der Waals surface area contributed by atoms with Crippen molar-refractivity contribution in [3.8, 4) is 6.07 Å². The first-order chi connectivity index (χ1) is 19.7. The summed E-state index contributed by atoms with van der Waals surface area (Å²) >= 11 is 0. The van der Waals surface area contributed by atoms with Crippen molar-refractivity contribution in [2.45, 2.75) is 49.6 Å². The number of fused-ring (bicyclic) bond motifs is 3. The second-order valence-corrected chi connectivity index (χ2v) is 11.2. The zero-order chi connectivity index (χ0) is 28.9. The Balaban J connectivity index is 1.40. The van der Waals surface area contributed by atoms with Gasteiger partial charge in [-0.05, 0) is 102 Å². The van der Waals surface area contributed by atoms with E-state index in [0.29, 0.717) is 48.7 Å². The molecule has 41 heavy (non-hydrogen) atoms. The fourth-order valence-electron chi connectivity index (χ4n) is 6.86. The van der Waals surface area contributed by atoms with E-state index < -0.39 is 17.2 Å². The van der Waals surface area contributed by atoms with E-state index in [9.17, 15) is 19.6 Å². The zero-order valence-electron chi connectivity index (χ0n) is 22.7. The molecule has 2 aromatic carbocycles. The standard InChI is InChI=1S/C29H31N9O3/c1-37-28(34-35-36-37)29(8-9-33-15-25(39)38-21(14-30)12-20-13-24(20)38)22-6-4-18(26(31)40)10-16(22)2-3-17-11-19(27(32)41)5-7-23(17)29/h4-7,10-11,20-21,24,33H,2-3,8-9,12-13,15H2,1H3,(H2,31,40)(H2,32,41)/t20-,21+,24+/m1/s1. The fourth-order valence-corrected chi connectivity index (χ4v) is 6.86. The van der Waals surface area contributed by atoms with Gasteiger partial charge in [-0.3, -0.25) is 14.4 Å². The number of nitrogens with two attached hydrogens (primary N) is 2. The minimum atomic E-state index is -0.883. The first-order valence-electron chi connectivity index (χ1n) is 13.8. The molecule has 0 spiro atoms. The summed E-state index contributed by atoms with van der Waals surface area (Å²) in [5, 5.41) is 25.4. The van der Waals surface area contributed by atoms with Crippen LogP contribution in [0, 0.1) is 17.2 Å². The number of hydrogen-bond acceptors (Lipinski definition) is 8. The topological polar surface area (TPSA) is 186 Å². The van der Waals surface area contributed by atoms with E-state index in [1.165, 1.54) is 0 Å². The van der Waals surface area contributed by atoms with E-state index >= 15 is 0 Å². The first-order valence-corrected chi connectivity index (χ1v) is 13.8. The predicted octanol–water partition coefficient (Wildman–Crippen LogP) is 0.334. The number of amides is 3. The molecule has 2 fully saturated rings. The lowest BCUT2D eigenvalue weighted by Crippen LogP contribution is -2.44. The van der Waals surface area contributed by atoms with Crippen LogP contribution in [0.2, 0.25) is 0 Å². The highest BCUT2D eigenvalue weighted by Gasteiger charge is 2.54. The van der Waals surface area contributed by atoms with Gasteiger partial charge < -0.3 is 21.7 Å². The third-order valence-corrected chi connectivity index (χ3v) is 8.86. The molecule has 1 saturated heterocycles. The molecule has 12 heteroatoms. The number of nitrogens with zero attached hydrogens (tertiary/aromatic N) is 6. The van der Waals surface area contributed by atoms with Crippen molar-refractivity contribution in [3.63, 3.8) is 0 Å². The summed E-state index contributed by atoms with van der Waals surface area (Å²) in [5.74, 6) is -0.0856. The largest absolute Gasteiger partial charge is 0.366 e. The predicted molar refractivity (Wildman–Crippen MR) is 146 cm³/mol. The molecule has 0 unspecified atom stereocenters. The average Bonchev–Trinajstić information content (AvgIpc) is 3.46. The summed E-state index contributed by atoms with van der Waals surface area (Å²) in [4.78, 5) is 39.0. The molecule has 3 amide bonds. The summed E-state index contributed by atoms with van der Waals surface area (Å²) in [6, 6.07) is 13.0. The maximum Gasteiger partial charge on any atom is 0.248 e. The summed E-state index contributed by atoms with van der Waals surface area (Å²) in [6.45, 7) is 0.529. The van der Waals surface area contributed by atoms with Crippen molar-refractivity contribution < 1.29 is 14.4 Å². The number of hydrogen-bond donors (Lipinski definition) is 3. The third-order valence-electron chi connectivity index (χ3n) is 8.86. The molecule has 12 nitrogen and oxygen atoms in total. The van der Waals surface area contributed by atoms with Crippen LogP contribution in [0.4, 0.5) is 0 Å². The number of carbonyl (C=O) groups is 3. The average molecular weight is 554 g/mol. The molecule has 6 rings (SSSR count). The third kappa shape index (κ3) is 4.42. The van der Waals surface area contributed by atoms with Crippen LogP contribution in [-0.2, 0) is 30.1 Å². The smallest absolute Gasteiger partial charge is 0.248 e. The van der Waals surface area contributed by atoms with Gasteiger partial charge in [-0.25, -0.2) is 4.68 Å². The zero-order valence-corrected chi connectivity index (χ0v) is 22.7. The molecule has 1 saturated carbocycles. The van der Waals surface area contributed by atoms with Crippen LogP contribution in [0.15, 0.2) is 36.4 Å². The van der Waals surface area contributed by atoms with Crippen LogP contribution in [0.3, 0.4) is 0 Å². The van der Waals surface area contributed by atoms with Crippen molar-refractivity contribution in [2.24, 2.45) is 24.4 Å². The molecule has 1 aliphatic heterocycles. The molecule has 1 aromatic heterocycles. The molecule has 210 valence electrons. The Morgan fingerprint density at radius 3 is 2.22 bits per heavy atom. The van der Waals surface area contributed by atoms with Gasteiger partial charge in [0.2, 0.25) is 17.7 Å². The minimum Gasteiger partial charge on any atom is -0.366 e. The Bertz CT molecular complexity index is 1540. The molecule has 3 aliphatic rings. The number of aromatic nitrogens is 4. The van der Waals surface area contributed by atoms with E-state index in [0.717, 1.165) is 35.1 Å². The molecule has 2 aliphatic carbocycles. The van der Waals surface area contributed by atoms with Gasteiger partial charge in [0.1, 0.15) is 6.04 Å². The Labute approximate surface area is 236 Å². The Morgan fingerprint density at radius 2 is 1.68 bits per heavy atom. The van der Waals surface area contributed by atoms with E-state index in [1.807, 2.05) is 24.3 Å². The van der Waals surface area contributed by atoms with Crippen LogP contribution in [-0.4, -0.2) is 68.0 Å². The second kappa shape index (κ2) is 10.1. The second-order valence-electron chi connectivity index (χ2n) is 11.2. The van der Waals surface area contributed by atoms with Crippen molar-refractivity contribution in [3.05, 3.63) is 75.6 Å². The molecular weight excluding hydrogens is 522 g/mol. The lowest BCUT2D eigenvalue weighted by molar-refractivity contribution is -0.131. The van der Waals surface area contributed by atoms with Crippen LogP contribution < -0.4 is 16.8 Å². The van der Waals surface area contributed by atoms with E-state index in [1.54, 1.807) is 28.8 Å². The van der Waals surface area contributed by atoms with Gasteiger partial charge in [0.15, 0.2) is 5.82 Å². The van der Waals surface area contributed by atoms with E-state index in [4.69, 9.17) is 11.5 Å². The van der Waals surface area contributed by atoms with Gasteiger partial charge in [0.05, 0.1) is 18.0 Å². The summed E-state index contributed by atoms with van der Waals surface area (Å²) < 4.78 is 1.63. The molecule has 2 heterocycles. The number of nitriles is 1. The van der Waals surface area contributed by atoms with Crippen LogP contribution in [0.5, 0.6) is 0 Å². The lowest BCUT2D eigenvalue weighted by atomic mass is 9.69. The quantitative estimate of drug-likeness (QED) is 0.333. The van der Waals surface area contributed by atoms with E-state index in [-0.39, 0.29) is 24.5 Å². The number of rotatable bonds is 8. The molecule has 3 aromatic rings. The minimum absolute atomic E-state index is 0.0743.